The van der Waals surface area contributed by atoms with Crippen LogP contribution in [0.1, 0.15) is 26.7 Å². The minimum Gasteiger partial charge on any atom is -0.309 e. The molecule has 0 amide bonds. The van der Waals surface area contributed by atoms with Crippen molar-refractivity contribution in [3.05, 3.63) is 34.8 Å². The number of nitrogens with zero attached hydrogens (tertiary/aromatic N) is 4. The van der Waals surface area contributed by atoms with E-state index in [2.05, 4.69) is 45.5 Å². The molecule has 0 unspecified atom stereocenters. The first-order valence-electron chi connectivity index (χ1n) is 6.37. The van der Waals surface area contributed by atoms with Crippen molar-refractivity contribution in [3.8, 4) is 0 Å². The van der Waals surface area contributed by atoms with E-state index in [4.69, 9.17) is 0 Å². The van der Waals surface area contributed by atoms with Crippen LogP contribution in [-0.2, 0) is 13.1 Å². The molecule has 0 saturated heterocycles. The lowest BCUT2D eigenvalue weighted by Crippen LogP contribution is -2.25. The van der Waals surface area contributed by atoms with Crippen molar-refractivity contribution in [2.45, 2.75) is 39.8 Å². The van der Waals surface area contributed by atoms with Crippen molar-refractivity contribution in [2.24, 2.45) is 10.4 Å². The molecule has 0 bridgehead atoms. The molecule has 0 fully saturated rings. The van der Waals surface area contributed by atoms with E-state index in [-0.39, 0.29) is 0 Å². The second-order valence-electron chi connectivity index (χ2n) is 4.27. The molecule has 5 heteroatoms. The predicted molar refractivity (Wildman–Crippen MR) is 71.9 cm³/mol. The van der Waals surface area contributed by atoms with E-state index in [0.717, 1.165) is 37.0 Å². The van der Waals surface area contributed by atoms with E-state index < -0.39 is 0 Å². The van der Waals surface area contributed by atoms with Gasteiger partial charge in [-0.2, -0.15) is 0 Å². The van der Waals surface area contributed by atoms with Crippen molar-refractivity contribution in [3.63, 3.8) is 0 Å². The normalized spacial score (nSPS) is 10.8. The molecule has 18 heavy (non-hydrogen) atoms. The van der Waals surface area contributed by atoms with Crippen molar-refractivity contribution < 1.29 is 0 Å². The standard InChI is InChI=1S/C13H18N4O/c1-3-9-16-11-7-5-6-8-12(11)17(10-4-2)13(16)14-15-18/h5-8H,3-4,9-10H2,1-2H3. The second kappa shape index (κ2) is 5.62. The van der Waals surface area contributed by atoms with E-state index in [1.165, 1.54) is 0 Å². The van der Waals surface area contributed by atoms with Gasteiger partial charge in [0.15, 0.2) is 0 Å². The molecule has 96 valence electrons. The molecular formula is C13H18N4O. The van der Waals surface area contributed by atoms with Gasteiger partial charge in [0, 0.05) is 13.1 Å². The summed E-state index contributed by atoms with van der Waals surface area (Å²) >= 11 is 0. The maximum absolute atomic E-state index is 10.5. The molecule has 1 aromatic heterocycles. The van der Waals surface area contributed by atoms with Crippen LogP contribution in [0.3, 0.4) is 0 Å². The van der Waals surface area contributed by atoms with Crippen molar-refractivity contribution in [1.82, 2.24) is 9.13 Å². The highest BCUT2D eigenvalue weighted by atomic mass is 16.3. The van der Waals surface area contributed by atoms with Gasteiger partial charge in [-0.3, -0.25) is 0 Å². The second-order valence-corrected chi connectivity index (χ2v) is 4.27. The Morgan fingerprint density at radius 2 is 1.50 bits per heavy atom. The van der Waals surface area contributed by atoms with Gasteiger partial charge in [-0.05, 0) is 25.0 Å². The lowest BCUT2D eigenvalue weighted by Gasteiger charge is -2.01. The summed E-state index contributed by atoms with van der Waals surface area (Å²) in [4.78, 5) is 10.5. The Hall–Kier alpha value is -1.91. The highest BCUT2D eigenvalue weighted by Gasteiger charge is 2.10. The summed E-state index contributed by atoms with van der Waals surface area (Å²) in [7, 11) is 0. The minimum absolute atomic E-state index is 0.648. The van der Waals surface area contributed by atoms with Crippen LogP contribution in [0.4, 0.5) is 0 Å². The molecule has 0 aliphatic carbocycles. The fourth-order valence-electron chi connectivity index (χ4n) is 2.31. The number of aromatic nitrogens is 2. The first-order valence-corrected chi connectivity index (χ1v) is 6.37. The van der Waals surface area contributed by atoms with Gasteiger partial charge in [0.2, 0.25) is 5.62 Å². The molecule has 0 spiro atoms. The van der Waals surface area contributed by atoms with Gasteiger partial charge in [0.05, 0.1) is 16.3 Å². The molecule has 5 nitrogen and oxygen atoms in total. The van der Waals surface area contributed by atoms with E-state index in [9.17, 15) is 4.91 Å². The summed E-state index contributed by atoms with van der Waals surface area (Å²) in [6.07, 6.45) is 1.98. The lowest BCUT2D eigenvalue weighted by molar-refractivity contribution is 0.586. The molecule has 0 aliphatic heterocycles. The quantitative estimate of drug-likeness (QED) is 0.591. The van der Waals surface area contributed by atoms with Crippen LogP contribution in [0.5, 0.6) is 0 Å². The SMILES string of the molecule is CCCn1c(=NN=O)n(CCC)c2ccccc21. The van der Waals surface area contributed by atoms with Crippen LogP contribution in [0.25, 0.3) is 11.0 Å². The zero-order valence-corrected chi connectivity index (χ0v) is 10.8. The van der Waals surface area contributed by atoms with Crippen LogP contribution in [-0.4, -0.2) is 9.13 Å². The van der Waals surface area contributed by atoms with Gasteiger partial charge in [0.1, 0.15) is 0 Å². The zero-order valence-electron chi connectivity index (χ0n) is 10.8. The Morgan fingerprint density at radius 1 is 1.00 bits per heavy atom. The summed E-state index contributed by atoms with van der Waals surface area (Å²) in [6, 6.07) is 8.12. The molecular weight excluding hydrogens is 228 g/mol. The van der Waals surface area contributed by atoms with Crippen LogP contribution in [0, 0.1) is 4.91 Å². The first-order chi connectivity index (χ1) is 8.83. The molecule has 0 aliphatic rings. The molecule has 1 heterocycles. The number of benzene rings is 1. The van der Waals surface area contributed by atoms with E-state index in [1.54, 1.807) is 0 Å². The molecule has 0 atom stereocenters. The fourth-order valence-corrected chi connectivity index (χ4v) is 2.31. The number of hydrogen-bond acceptors (Lipinski definition) is 2. The predicted octanol–water partition coefficient (Wildman–Crippen LogP) is 2.84. The average Bonchev–Trinajstić information content (AvgIpc) is 2.67. The minimum atomic E-state index is 0.648. The van der Waals surface area contributed by atoms with Crippen LogP contribution in [0.2, 0.25) is 0 Å². The number of fused-ring (bicyclic) bond motifs is 1. The molecule has 0 saturated carbocycles. The van der Waals surface area contributed by atoms with Crippen LogP contribution >= 0.6 is 0 Å². The van der Waals surface area contributed by atoms with Gasteiger partial charge in [-0.15, -0.1) is 4.91 Å². The van der Waals surface area contributed by atoms with E-state index in [0.29, 0.717) is 5.62 Å². The number of rotatable bonds is 5. The zero-order chi connectivity index (χ0) is 13.0. The maximum Gasteiger partial charge on any atom is 0.234 e. The van der Waals surface area contributed by atoms with Crippen molar-refractivity contribution in [2.75, 3.05) is 0 Å². The van der Waals surface area contributed by atoms with Crippen LogP contribution in [0.15, 0.2) is 34.7 Å². The van der Waals surface area contributed by atoms with Crippen molar-refractivity contribution in [1.29, 1.82) is 0 Å². The Bertz CT molecular complexity index is 563. The molecule has 0 radical (unpaired) electrons. The Balaban J connectivity index is 2.81. The third kappa shape index (κ3) is 2.08. The fraction of sp³-hybridized carbons (Fsp3) is 0.462. The highest BCUT2D eigenvalue weighted by Crippen LogP contribution is 2.13. The van der Waals surface area contributed by atoms with Crippen molar-refractivity contribution >= 4 is 11.0 Å². The summed E-state index contributed by atoms with van der Waals surface area (Å²) in [5.74, 6) is 0. The first kappa shape index (κ1) is 12.5. The molecule has 1 aromatic carbocycles. The van der Waals surface area contributed by atoms with Gasteiger partial charge in [-0.1, -0.05) is 31.1 Å². The Labute approximate surface area is 106 Å². The number of hydrogen-bond donors (Lipinski definition) is 0. The van der Waals surface area contributed by atoms with Gasteiger partial charge >= 0.3 is 0 Å². The largest absolute Gasteiger partial charge is 0.309 e. The Morgan fingerprint density at radius 3 is 1.89 bits per heavy atom. The number of para-hydroxylation sites is 2. The molecule has 0 N–H and O–H groups in total. The van der Waals surface area contributed by atoms with E-state index >= 15 is 0 Å². The highest BCUT2D eigenvalue weighted by molar-refractivity contribution is 5.75. The molecule has 2 rings (SSSR count). The topological polar surface area (TPSA) is 51.6 Å². The van der Waals surface area contributed by atoms with E-state index in [1.807, 2.05) is 12.1 Å². The third-order valence-corrected chi connectivity index (χ3v) is 2.97. The number of nitroso groups, excluding NO2 is 1. The van der Waals surface area contributed by atoms with Gasteiger partial charge in [-0.25, -0.2) is 0 Å². The van der Waals surface area contributed by atoms with Crippen LogP contribution < -0.4 is 5.62 Å². The summed E-state index contributed by atoms with van der Waals surface area (Å²) < 4.78 is 4.12. The summed E-state index contributed by atoms with van der Waals surface area (Å²) in [5, 5.41) is 6.50. The maximum atomic E-state index is 10.5. The smallest absolute Gasteiger partial charge is 0.234 e. The monoisotopic (exact) mass is 246 g/mol. The molecule has 2 aromatic rings. The summed E-state index contributed by atoms with van der Waals surface area (Å²) in [5.41, 5.74) is 2.86. The number of imidazole rings is 1. The summed E-state index contributed by atoms with van der Waals surface area (Å²) in [6.45, 7) is 5.89. The lowest BCUT2D eigenvalue weighted by atomic mass is 10.3. The third-order valence-electron chi connectivity index (χ3n) is 2.97. The number of aryl methyl sites for hydroxylation is 2. The average molecular weight is 246 g/mol. The van der Waals surface area contributed by atoms with Gasteiger partial charge in [0.25, 0.3) is 0 Å². The Kier molecular flexibility index (Phi) is 3.92. The van der Waals surface area contributed by atoms with Gasteiger partial charge < -0.3 is 9.13 Å².